The van der Waals surface area contributed by atoms with Gasteiger partial charge in [0.1, 0.15) is 11.5 Å². The molecule has 9 nitrogen and oxygen atoms in total. The van der Waals surface area contributed by atoms with Crippen LogP contribution in [0.1, 0.15) is 73.0 Å². The maximum absolute atomic E-state index is 15.5. The molecular weight excluding hydrogens is 521 g/mol. The van der Waals surface area contributed by atoms with Gasteiger partial charge >= 0.3 is 0 Å². The van der Waals surface area contributed by atoms with Crippen LogP contribution < -0.4 is 10.6 Å². The predicted octanol–water partition coefficient (Wildman–Crippen LogP) is 4.93. The van der Waals surface area contributed by atoms with Gasteiger partial charge in [0.15, 0.2) is 5.82 Å². The molecule has 0 radical (unpaired) electrons. The summed E-state index contributed by atoms with van der Waals surface area (Å²) in [5.74, 6) is -0.454. The Morgan fingerprint density at radius 1 is 1.10 bits per heavy atom. The zero-order valence-electron chi connectivity index (χ0n) is 24.3. The Balaban J connectivity index is 1.40. The lowest BCUT2D eigenvalue weighted by molar-refractivity contribution is 0.0972. The Hall–Kier alpha value is -3.63. The van der Waals surface area contributed by atoms with Crippen molar-refractivity contribution in [2.24, 2.45) is 12.0 Å². The molecular formula is C31H40FN7O2. The topological polar surface area (TPSA) is 108 Å². The number of carbonyl (C=O) groups excluding carboxylic acids is 1. The van der Waals surface area contributed by atoms with Crippen molar-refractivity contribution in [2.45, 2.75) is 70.4 Å². The number of aliphatic hydroxyl groups excluding tert-OH is 1. The van der Waals surface area contributed by atoms with Crippen LogP contribution in [0.5, 0.6) is 0 Å². The Labute approximate surface area is 240 Å². The Bertz CT molecular complexity index is 1420. The Kier molecular flexibility index (Phi) is 8.79. The average molecular weight is 562 g/mol. The molecule has 5 rings (SSSR count). The summed E-state index contributed by atoms with van der Waals surface area (Å²) in [7, 11) is 3.89. The minimum absolute atomic E-state index is 0.0905. The highest BCUT2D eigenvalue weighted by atomic mass is 19.1. The highest BCUT2D eigenvalue weighted by Crippen LogP contribution is 2.35. The van der Waals surface area contributed by atoms with E-state index >= 15 is 4.39 Å². The fourth-order valence-corrected chi connectivity index (χ4v) is 5.80. The summed E-state index contributed by atoms with van der Waals surface area (Å²) in [6, 6.07) is 8.07. The van der Waals surface area contributed by atoms with Gasteiger partial charge < -0.3 is 20.6 Å². The molecule has 0 unspecified atom stereocenters. The first-order valence-electron chi connectivity index (χ1n) is 14.5. The summed E-state index contributed by atoms with van der Waals surface area (Å²) in [6.45, 7) is 5.56. The van der Waals surface area contributed by atoms with E-state index < -0.39 is 11.7 Å². The number of pyridine rings is 1. The number of nitrogens with zero attached hydrogens (tertiary/aromatic N) is 5. The first kappa shape index (κ1) is 28.9. The summed E-state index contributed by atoms with van der Waals surface area (Å²) in [5.41, 5.74) is 3.90. The SMILES string of the molecule is CC(=Nc1cc(C2CCN(C)CC2)ccc1NC1CCC(O)CC1)NC(=O)c1cc(C)nc(-c2cnn(C)c2)c1F. The van der Waals surface area contributed by atoms with Crippen LogP contribution in [0.25, 0.3) is 11.3 Å². The molecule has 3 N–H and O–H groups in total. The van der Waals surface area contributed by atoms with Crippen LogP contribution in [0, 0.1) is 12.7 Å². The number of aliphatic hydroxyl groups is 1. The molecule has 10 heteroatoms. The molecule has 1 aliphatic carbocycles. The van der Waals surface area contributed by atoms with Crippen LogP contribution in [0.3, 0.4) is 0 Å². The number of amidine groups is 1. The maximum Gasteiger partial charge on any atom is 0.259 e. The molecule has 2 fully saturated rings. The van der Waals surface area contributed by atoms with Crippen molar-refractivity contribution in [2.75, 3.05) is 25.5 Å². The molecule has 2 aliphatic rings. The number of nitrogens with one attached hydrogen (secondary N) is 2. The van der Waals surface area contributed by atoms with Crippen molar-refractivity contribution in [1.82, 2.24) is 25.0 Å². The Morgan fingerprint density at radius 3 is 2.51 bits per heavy atom. The van der Waals surface area contributed by atoms with E-state index in [-0.39, 0.29) is 23.4 Å². The van der Waals surface area contributed by atoms with E-state index in [4.69, 9.17) is 4.99 Å². The summed E-state index contributed by atoms with van der Waals surface area (Å²) in [4.78, 5) is 24.7. The summed E-state index contributed by atoms with van der Waals surface area (Å²) in [5, 5.41) is 20.5. The quantitative estimate of drug-likeness (QED) is 0.291. The number of aromatic nitrogens is 3. The zero-order chi connectivity index (χ0) is 29.1. The number of rotatable bonds is 6. The predicted molar refractivity (Wildman–Crippen MR) is 159 cm³/mol. The highest BCUT2D eigenvalue weighted by molar-refractivity contribution is 6.07. The van der Waals surface area contributed by atoms with E-state index in [1.54, 1.807) is 31.8 Å². The number of aryl methyl sites for hydroxylation is 2. The van der Waals surface area contributed by atoms with Crippen LogP contribution in [0.4, 0.5) is 15.8 Å². The third-order valence-electron chi connectivity index (χ3n) is 8.16. The average Bonchev–Trinajstić information content (AvgIpc) is 3.38. The standard InChI is InChI=1S/C31H40FN7O2/c1-19-15-26(29(32)30(34-19)23-17-33-39(4)18-23)31(41)36-20(2)35-28-16-22(21-11-13-38(3)14-12-21)5-10-27(28)37-24-6-8-25(40)9-7-24/h5,10,15-18,21,24-25,37,40H,6-9,11-14H2,1-4H3,(H,35,36,41). The van der Waals surface area contributed by atoms with E-state index in [9.17, 15) is 9.90 Å². The largest absolute Gasteiger partial charge is 0.393 e. The smallest absolute Gasteiger partial charge is 0.259 e. The molecule has 1 aromatic carbocycles. The van der Waals surface area contributed by atoms with Gasteiger partial charge in [-0.2, -0.15) is 5.10 Å². The van der Waals surface area contributed by atoms with Gasteiger partial charge in [0.2, 0.25) is 0 Å². The van der Waals surface area contributed by atoms with E-state index in [0.29, 0.717) is 23.0 Å². The number of benzene rings is 1. The van der Waals surface area contributed by atoms with Crippen molar-refractivity contribution >= 4 is 23.1 Å². The second-order valence-corrected chi connectivity index (χ2v) is 11.5. The van der Waals surface area contributed by atoms with Gasteiger partial charge in [0, 0.05) is 30.5 Å². The fourth-order valence-electron chi connectivity index (χ4n) is 5.80. The van der Waals surface area contributed by atoms with E-state index in [0.717, 1.165) is 63.0 Å². The first-order valence-corrected chi connectivity index (χ1v) is 14.5. The molecule has 0 atom stereocenters. The molecule has 218 valence electrons. The summed E-state index contributed by atoms with van der Waals surface area (Å²) in [6.07, 6.45) is 8.45. The number of aliphatic imine (C=N–C) groups is 1. The van der Waals surface area contributed by atoms with Crippen LogP contribution in [0.2, 0.25) is 0 Å². The first-order chi connectivity index (χ1) is 19.7. The molecule has 0 bridgehead atoms. The number of hydrogen-bond donors (Lipinski definition) is 3. The van der Waals surface area contributed by atoms with Gasteiger partial charge in [-0.05, 0) is 102 Å². The lowest BCUT2D eigenvalue weighted by atomic mass is 9.89. The van der Waals surface area contributed by atoms with Gasteiger partial charge in [-0.25, -0.2) is 14.4 Å². The van der Waals surface area contributed by atoms with Gasteiger partial charge in [-0.15, -0.1) is 0 Å². The van der Waals surface area contributed by atoms with Crippen molar-refractivity contribution in [3.8, 4) is 11.3 Å². The molecule has 41 heavy (non-hydrogen) atoms. The lowest BCUT2D eigenvalue weighted by Gasteiger charge is -2.30. The summed E-state index contributed by atoms with van der Waals surface area (Å²) >= 11 is 0. The van der Waals surface area contributed by atoms with E-state index in [1.807, 2.05) is 0 Å². The molecule has 1 amide bonds. The number of anilines is 1. The highest BCUT2D eigenvalue weighted by Gasteiger charge is 2.23. The van der Waals surface area contributed by atoms with E-state index in [1.165, 1.54) is 17.8 Å². The third kappa shape index (κ3) is 7.00. The number of piperidine rings is 1. The second kappa shape index (κ2) is 12.5. The number of hydrogen-bond acceptors (Lipinski definition) is 7. The minimum Gasteiger partial charge on any atom is -0.393 e. The van der Waals surface area contributed by atoms with E-state index in [2.05, 4.69) is 50.9 Å². The second-order valence-electron chi connectivity index (χ2n) is 11.5. The molecule has 3 heterocycles. The fraction of sp³-hybridized carbons (Fsp3) is 0.484. The monoisotopic (exact) mass is 561 g/mol. The maximum atomic E-state index is 15.5. The van der Waals surface area contributed by atoms with Crippen LogP contribution in [0.15, 0.2) is 41.7 Å². The Morgan fingerprint density at radius 2 is 1.83 bits per heavy atom. The van der Waals surface area contributed by atoms with Crippen molar-refractivity contribution in [3.05, 3.63) is 59.3 Å². The molecule has 1 saturated heterocycles. The zero-order valence-corrected chi connectivity index (χ0v) is 24.3. The molecule has 0 spiro atoms. The molecule has 1 saturated carbocycles. The number of halogens is 1. The number of likely N-dealkylation sites (tertiary alicyclic amines) is 1. The number of carbonyl (C=O) groups is 1. The normalized spacial score (nSPS) is 20.7. The van der Waals surface area contributed by atoms with Crippen molar-refractivity contribution in [1.29, 1.82) is 0 Å². The molecule has 1 aliphatic heterocycles. The van der Waals surface area contributed by atoms with Gasteiger partial charge in [0.25, 0.3) is 5.91 Å². The van der Waals surface area contributed by atoms with Crippen LogP contribution in [-0.4, -0.2) is 68.8 Å². The minimum atomic E-state index is -0.694. The van der Waals surface area contributed by atoms with Gasteiger partial charge in [-0.1, -0.05) is 6.07 Å². The lowest BCUT2D eigenvalue weighted by Crippen LogP contribution is -2.30. The van der Waals surface area contributed by atoms with Crippen LogP contribution in [-0.2, 0) is 7.05 Å². The van der Waals surface area contributed by atoms with Gasteiger partial charge in [-0.3, -0.25) is 9.48 Å². The third-order valence-corrected chi connectivity index (χ3v) is 8.16. The molecule has 3 aromatic rings. The van der Waals surface area contributed by atoms with Crippen LogP contribution >= 0.6 is 0 Å². The van der Waals surface area contributed by atoms with Gasteiger partial charge in [0.05, 0.1) is 29.2 Å². The summed E-state index contributed by atoms with van der Waals surface area (Å²) < 4.78 is 17.0. The molecule has 2 aromatic heterocycles. The number of amides is 1. The van der Waals surface area contributed by atoms with Crippen molar-refractivity contribution in [3.63, 3.8) is 0 Å². The van der Waals surface area contributed by atoms with Crippen molar-refractivity contribution < 1.29 is 14.3 Å².